The van der Waals surface area contributed by atoms with Crippen LogP contribution >= 0.6 is 0 Å². The van der Waals surface area contributed by atoms with E-state index >= 15 is 0 Å². The first kappa shape index (κ1) is 11.0. The summed E-state index contributed by atoms with van der Waals surface area (Å²) in [6.45, 7) is 3.66. The van der Waals surface area contributed by atoms with E-state index in [1.807, 2.05) is 0 Å². The van der Waals surface area contributed by atoms with E-state index in [9.17, 15) is 10.1 Å². The summed E-state index contributed by atoms with van der Waals surface area (Å²) in [5.74, 6) is 5.32. The van der Waals surface area contributed by atoms with Crippen molar-refractivity contribution in [1.82, 2.24) is 0 Å². The number of benzene rings is 1. The van der Waals surface area contributed by atoms with Crippen molar-refractivity contribution in [2.45, 2.75) is 0 Å². The van der Waals surface area contributed by atoms with Crippen LogP contribution in [-0.2, 0) is 0 Å². The van der Waals surface area contributed by atoms with Gasteiger partial charge < -0.3 is 10.2 Å². The van der Waals surface area contributed by atoms with E-state index in [1.54, 1.807) is 6.07 Å². The van der Waals surface area contributed by atoms with Crippen LogP contribution in [-0.4, -0.2) is 11.5 Å². The molecule has 0 aliphatic heterocycles. The molecule has 0 aromatic heterocycles. The molecule has 0 unspecified atom stereocenters. The van der Waals surface area contributed by atoms with Gasteiger partial charge in [0, 0.05) is 0 Å². The van der Waals surface area contributed by atoms with Gasteiger partial charge in [0.25, 0.3) is 0 Å². The SMILES string of the molecule is C=CCOc1cccc(NN)c1[N+](=O)[O-]. The number of nitrogens with zero attached hydrogens (tertiary/aromatic N) is 1. The van der Waals surface area contributed by atoms with E-state index in [2.05, 4.69) is 12.0 Å². The molecule has 1 rings (SSSR count). The summed E-state index contributed by atoms with van der Waals surface area (Å²) in [4.78, 5) is 10.2. The third-order valence-electron chi connectivity index (χ3n) is 1.69. The molecule has 6 nitrogen and oxygen atoms in total. The average Bonchev–Trinajstić information content (AvgIpc) is 2.25. The minimum absolute atomic E-state index is 0.162. The van der Waals surface area contributed by atoms with Crippen LogP contribution in [0.15, 0.2) is 30.9 Å². The van der Waals surface area contributed by atoms with Crippen LogP contribution in [0.25, 0.3) is 0 Å². The van der Waals surface area contributed by atoms with Gasteiger partial charge >= 0.3 is 5.69 Å². The Morgan fingerprint density at radius 1 is 1.67 bits per heavy atom. The molecule has 0 atom stereocenters. The maximum Gasteiger partial charge on any atom is 0.335 e. The third-order valence-corrected chi connectivity index (χ3v) is 1.69. The molecule has 3 N–H and O–H groups in total. The van der Waals surface area contributed by atoms with Gasteiger partial charge in [0.05, 0.1) is 4.92 Å². The Morgan fingerprint density at radius 2 is 2.40 bits per heavy atom. The highest BCUT2D eigenvalue weighted by Crippen LogP contribution is 2.33. The van der Waals surface area contributed by atoms with Gasteiger partial charge in [-0.05, 0) is 12.1 Å². The van der Waals surface area contributed by atoms with Gasteiger partial charge in [0.2, 0.25) is 0 Å². The van der Waals surface area contributed by atoms with Gasteiger partial charge in [-0.15, -0.1) is 0 Å². The predicted octanol–water partition coefficient (Wildman–Crippen LogP) is 1.45. The van der Waals surface area contributed by atoms with Gasteiger partial charge in [0.15, 0.2) is 5.75 Å². The Balaban J connectivity index is 3.12. The van der Waals surface area contributed by atoms with E-state index in [1.165, 1.54) is 18.2 Å². The molecule has 15 heavy (non-hydrogen) atoms. The van der Waals surface area contributed by atoms with Crippen LogP contribution in [0.3, 0.4) is 0 Å². The molecule has 0 fully saturated rings. The lowest BCUT2D eigenvalue weighted by atomic mass is 10.2. The molecule has 0 spiro atoms. The van der Waals surface area contributed by atoms with Crippen LogP contribution in [0.1, 0.15) is 0 Å². The van der Waals surface area contributed by atoms with Crippen molar-refractivity contribution < 1.29 is 9.66 Å². The first-order valence-electron chi connectivity index (χ1n) is 4.18. The van der Waals surface area contributed by atoms with E-state index < -0.39 is 4.92 Å². The summed E-state index contributed by atoms with van der Waals surface area (Å²) in [6, 6.07) is 4.61. The van der Waals surface area contributed by atoms with E-state index in [4.69, 9.17) is 10.6 Å². The van der Waals surface area contributed by atoms with Crippen molar-refractivity contribution in [1.29, 1.82) is 0 Å². The highest BCUT2D eigenvalue weighted by atomic mass is 16.6. The summed E-state index contributed by atoms with van der Waals surface area (Å²) < 4.78 is 5.13. The number of hydrogen-bond acceptors (Lipinski definition) is 5. The first-order valence-corrected chi connectivity index (χ1v) is 4.18. The van der Waals surface area contributed by atoms with Crippen molar-refractivity contribution in [3.05, 3.63) is 41.0 Å². The van der Waals surface area contributed by atoms with Gasteiger partial charge in [-0.2, -0.15) is 0 Å². The summed E-state index contributed by atoms with van der Waals surface area (Å²) in [5.41, 5.74) is 2.28. The Kier molecular flexibility index (Phi) is 3.64. The van der Waals surface area contributed by atoms with Crippen molar-refractivity contribution in [3.63, 3.8) is 0 Å². The van der Waals surface area contributed by atoms with Gasteiger partial charge in [-0.1, -0.05) is 18.7 Å². The van der Waals surface area contributed by atoms with Crippen molar-refractivity contribution >= 4 is 11.4 Å². The molecule has 1 aromatic rings. The minimum atomic E-state index is -0.548. The maximum atomic E-state index is 10.8. The second kappa shape index (κ2) is 4.97. The summed E-state index contributed by atoms with van der Waals surface area (Å²) in [7, 11) is 0. The molecule has 0 heterocycles. The predicted molar refractivity (Wildman–Crippen MR) is 56.6 cm³/mol. The number of anilines is 1. The normalized spacial score (nSPS) is 9.40. The number of nitro groups is 1. The molecular formula is C9H11N3O3. The number of nitrogens with one attached hydrogen (secondary N) is 1. The number of nitro benzene ring substituents is 1. The molecule has 1 aromatic carbocycles. The topological polar surface area (TPSA) is 90.4 Å². The molecule has 0 amide bonds. The van der Waals surface area contributed by atoms with Crippen LogP contribution in [0, 0.1) is 10.1 Å². The fraction of sp³-hybridized carbons (Fsp3) is 0.111. The van der Waals surface area contributed by atoms with Crippen molar-refractivity contribution in [2.24, 2.45) is 5.84 Å². The van der Waals surface area contributed by atoms with E-state index in [0.29, 0.717) is 0 Å². The Labute approximate surface area is 86.5 Å². The number of hydrogen-bond donors (Lipinski definition) is 2. The lowest BCUT2D eigenvalue weighted by Crippen LogP contribution is -2.10. The number of hydrazine groups is 1. The third kappa shape index (κ3) is 2.44. The molecule has 0 saturated heterocycles. The first-order chi connectivity index (χ1) is 7.20. The second-order valence-electron chi connectivity index (χ2n) is 2.65. The summed E-state index contributed by atoms with van der Waals surface area (Å²) in [6.07, 6.45) is 1.51. The van der Waals surface area contributed by atoms with Crippen molar-refractivity contribution in [2.75, 3.05) is 12.0 Å². The lowest BCUT2D eigenvalue weighted by Gasteiger charge is -2.07. The van der Waals surface area contributed by atoms with Crippen LogP contribution in [0.2, 0.25) is 0 Å². The smallest absolute Gasteiger partial charge is 0.335 e. The van der Waals surface area contributed by atoms with Crippen LogP contribution < -0.4 is 16.0 Å². The largest absolute Gasteiger partial charge is 0.483 e. The number of nitrogens with two attached hydrogens (primary N) is 1. The Bertz CT molecular complexity index is 379. The molecule has 0 aliphatic rings. The monoisotopic (exact) mass is 209 g/mol. The zero-order valence-corrected chi connectivity index (χ0v) is 7.97. The van der Waals surface area contributed by atoms with Gasteiger partial charge in [0.1, 0.15) is 12.3 Å². The second-order valence-corrected chi connectivity index (χ2v) is 2.65. The number of ether oxygens (including phenoxy) is 1. The molecule has 0 radical (unpaired) electrons. The van der Waals surface area contributed by atoms with Gasteiger partial charge in [-0.3, -0.25) is 16.0 Å². The Hall–Kier alpha value is -2.08. The number of para-hydroxylation sites is 1. The fourth-order valence-corrected chi connectivity index (χ4v) is 1.09. The number of rotatable bonds is 5. The lowest BCUT2D eigenvalue weighted by molar-refractivity contribution is -0.384. The van der Waals surface area contributed by atoms with E-state index in [0.717, 1.165) is 0 Å². The van der Waals surface area contributed by atoms with Crippen LogP contribution in [0.5, 0.6) is 5.75 Å². The molecule has 0 saturated carbocycles. The van der Waals surface area contributed by atoms with E-state index in [-0.39, 0.29) is 23.7 Å². The average molecular weight is 209 g/mol. The quantitative estimate of drug-likeness (QED) is 0.331. The molecule has 80 valence electrons. The van der Waals surface area contributed by atoms with Crippen LogP contribution in [0.4, 0.5) is 11.4 Å². The highest BCUT2D eigenvalue weighted by Gasteiger charge is 2.19. The molecule has 6 heteroatoms. The molecular weight excluding hydrogens is 198 g/mol. The van der Waals surface area contributed by atoms with Gasteiger partial charge in [-0.25, -0.2) is 0 Å². The molecule has 0 aliphatic carbocycles. The zero-order chi connectivity index (χ0) is 11.3. The van der Waals surface area contributed by atoms with Crippen molar-refractivity contribution in [3.8, 4) is 5.75 Å². The summed E-state index contributed by atoms with van der Waals surface area (Å²) in [5, 5.41) is 10.8. The molecule has 0 bridgehead atoms. The Morgan fingerprint density at radius 3 is 2.93 bits per heavy atom. The number of nitrogen functional groups attached to an aromatic ring is 1. The minimum Gasteiger partial charge on any atom is -0.483 e. The fourth-order valence-electron chi connectivity index (χ4n) is 1.09. The zero-order valence-electron chi connectivity index (χ0n) is 7.97. The maximum absolute atomic E-state index is 10.8. The standard InChI is InChI=1S/C9H11N3O3/c1-2-6-15-8-5-3-4-7(11-10)9(8)12(13)14/h2-5,11H,1,6,10H2. The highest BCUT2D eigenvalue weighted by molar-refractivity contribution is 5.67. The summed E-state index contributed by atoms with van der Waals surface area (Å²) >= 11 is 0.